The maximum atomic E-state index is 13.3. The number of nitriles is 1. The molecule has 1 aliphatic heterocycles. The van der Waals surface area contributed by atoms with Gasteiger partial charge in [0.25, 0.3) is 5.91 Å². The molecule has 0 unspecified atom stereocenters. The van der Waals surface area contributed by atoms with E-state index in [9.17, 15) is 4.79 Å². The second-order valence-electron chi connectivity index (χ2n) is 7.32. The summed E-state index contributed by atoms with van der Waals surface area (Å²) in [6.45, 7) is 7.05. The number of aromatic nitrogens is 2. The zero-order valence-electron chi connectivity index (χ0n) is 17.1. The zero-order valence-corrected chi connectivity index (χ0v) is 17.9. The Labute approximate surface area is 180 Å². The minimum Gasteiger partial charge on any atom is -0.379 e. The summed E-state index contributed by atoms with van der Waals surface area (Å²) in [5, 5.41) is 14.7. The molecular weight excluding hydrogens is 398 g/mol. The first-order valence-electron chi connectivity index (χ1n) is 10.2. The Morgan fingerprint density at radius 1 is 1.27 bits per heavy atom. The number of para-hydroxylation sites is 1. The maximum absolute atomic E-state index is 13.3. The molecule has 1 aliphatic rings. The van der Waals surface area contributed by atoms with Crippen LogP contribution in [0, 0.1) is 18.3 Å². The molecule has 1 amide bonds. The smallest absolute Gasteiger partial charge is 0.264 e. The van der Waals surface area contributed by atoms with Crippen LogP contribution in [0.3, 0.4) is 0 Å². The molecule has 0 N–H and O–H groups in total. The number of morpholine rings is 1. The van der Waals surface area contributed by atoms with Crippen LogP contribution in [0.15, 0.2) is 36.4 Å². The van der Waals surface area contributed by atoms with E-state index >= 15 is 0 Å². The van der Waals surface area contributed by atoms with Gasteiger partial charge in [0.2, 0.25) is 0 Å². The molecule has 1 fully saturated rings. The van der Waals surface area contributed by atoms with Crippen molar-refractivity contribution in [1.82, 2.24) is 19.6 Å². The van der Waals surface area contributed by atoms with Gasteiger partial charge in [0.1, 0.15) is 4.83 Å². The number of hydrogen-bond donors (Lipinski definition) is 0. The van der Waals surface area contributed by atoms with E-state index in [1.54, 1.807) is 4.90 Å². The molecule has 2 aromatic heterocycles. The van der Waals surface area contributed by atoms with Gasteiger partial charge < -0.3 is 9.64 Å². The lowest BCUT2D eigenvalue weighted by molar-refractivity contribution is 0.0327. The van der Waals surface area contributed by atoms with Crippen LogP contribution in [-0.2, 0) is 4.74 Å². The molecule has 0 atom stereocenters. The van der Waals surface area contributed by atoms with Crippen LogP contribution in [0.2, 0.25) is 0 Å². The van der Waals surface area contributed by atoms with Crippen LogP contribution in [0.25, 0.3) is 15.9 Å². The quantitative estimate of drug-likeness (QED) is 0.584. The molecule has 1 aromatic carbocycles. The molecule has 30 heavy (non-hydrogen) atoms. The third kappa shape index (κ3) is 4.38. The minimum absolute atomic E-state index is 0.0151. The normalized spacial score (nSPS) is 14.7. The average molecular weight is 424 g/mol. The highest BCUT2D eigenvalue weighted by atomic mass is 32.1. The number of fused-ring (bicyclic) bond motifs is 1. The SMILES string of the molecule is Cc1nn(-c2ccccc2)c2sc(C(=O)N(CCC#N)CCN3CCOCC3)cc12. The molecule has 8 heteroatoms. The number of amides is 1. The van der Waals surface area contributed by atoms with Gasteiger partial charge in [0.05, 0.1) is 42.0 Å². The molecule has 3 heterocycles. The number of carbonyl (C=O) groups is 1. The van der Waals surface area contributed by atoms with Gasteiger partial charge in [0.15, 0.2) is 0 Å². The summed E-state index contributed by atoms with van der Waals surface area (Å²) in [6, 6.07) is 14.1. The molecule has 3 aromatic rings. The third-order valence-corrected chi connectivity index (χ3v) is 6.43. The third-order valence-electron chi connectivity index (χ3n) is 5.33. The fraction of sp³-hybridized carbons (Fsp3) is 0.409. The molecule has 1 saturated heterocycles. The Bertz CT molecular complexity index is 1050. The number of ether oxygens (including phenoxy) is 1. The topological polar surface area (TPSA) is 74.4 Å². The number of hydrogen-bond acceptors (Lipinski definition) is 6. The van der Waals surface area contributed by atoms with Crippen molar-refractivity contribution in [3.8, 4) is 11.8 Å². The summed E-state index contributed by atoms with van der Waals surface area (Å²) in [5.74, 6) is -0.0151. The highest BCUT2D eigenvalue weighted by Crippen LogP contribution is 2.31. The molecule has 0 saturated carbocycles. The average Bonchev–Trinajstić information content (AvgIpc) is 3.35. The van der Waals surface area contributed by atoms with Crippen molar-refractivity contribution in [2.45, 2.75) is 13.3 Å². The second-order valence-corrected chi connectivity index (χ2v) is 8.35. The fourth-order valence-electron chi connectivity index (χ4n) is 3.64. The van der Waals surface area contributed by atoms with Crippen molar-refractivity contribution in [3.05, 3.63) is 47.0 Å². The first kappa shape index (κ1) is 20.5. The lowest BCUT2D eigenvalue weighted by atomic mass is 10.2. The maximum Gasteiger partial charge on any atom is 0.264 e. The number of aryl methyl sites for hydroxylation is 1. The summed E-state index contributed by atoms with van der Waals surface area (Å²) in [6.07, 6.45) is 0.330. The van der Waals surface area contributed by atoms with Gasteiger partial charge in [-0.2, -0.15) is 10.4 Å². The van der Waals surface area contributed by atoms with E-state index < -0.39 is 0 Å². The van der Waals surface area contributed by atoms with Crippen LogP contribution in [0.1, 0.15) is 21.8 Å². The van der Waals surface area contributed by atoms with Crippen LogP contribution in [0.5, 0.6) is 0 Å². The largest absolute Gasteiger partial charge is 0.379 e. The van der Waals surface area contributed by atoms with Crippen LogP contribution in [-0.4, -0.2) is 71.4 Å². The summed E-state index contributed by atoms with van der Waals surface area (Å²) in [7, 11) is 0. The number of benzene rings is 1. The fourth-order valence-corrected chi connectivity index (χ4v) is 4.79. The lowest BCUT2D eigenvalue weighted by Crippen LogP contribution is -2.43. The van der Waals surface area contributed by atoms with Gasteiger partial charge >= 0.3 is 0 Å². The van der Waals surface area contributed by atoms with Crippen molar-refractivity contribution >= 4 is 27.5 Å². The summed E-state index contributed by atoms with van der Waals surface area (Å²) >= 11 is 1.46. The highest BCUT2D eigenvalue weighted by Gasteiger charge is 2.22. The van der Waals surface area contributed by atoms with Crippen molar-refractivity contribution in [1.29, 1.82) is 5.26 Å². The Morgan fingerprint density at radius 2 is 2.03 bits per heavy atom. The number of carbonyl (C=O) groups excluding carboxylic acids is 1. The first-order chi connectivity index (χ1) is 14.7. The predicted octanol–water partition coefficient (Wildman–Crippen LogP) is 3.08. The van der Waals surface area contributed by atoms with Gasteiger partial charge in [-0.15, -0.1) is 11.3 Å². The number of nitrogens with zero attached hydrogens (tertiary/aromatic N) is 5. The van der Waals surface area contributed by atoms with E-state index in [4.69, 9.17) is 10.00 Å². The molecule has 0 spiro atoms. The first-order valence-corrected chi connectivity index (χ1v) is 11.0. The predicted molar refractivity (Wildman–Crippen MR) is 117 cm³/mol. The van der Waals surface area contributed by atoms with Crippen molar-refractivity contribution < 1.29 is 9.53 Å². The Morgan fingerprint density at radius 3 is 2.77 bits per heavy atom. The molecule has 0 radical (unpaired) electrons. The number of thiophene rings is 1. The van der Waals surface area contributed by atoms with Gasteiger partial charge in [-0.3, -0.25) is 9.69 Å². The Kier molecular flexibility index (Phi) is 6.43. The zero-order chi connectivity index (χ0) is 20.9. The highest BCUT2D eigenvalue weighted by molar-refractivity contribution is 7.20. The van der Waals surface area contributed by atoms with E-state index in [1.165, 1.54) is 11.3 Å². The van der Waals surface area contributed by atoms with Gasteiger partial charge in [0, 0.05) is 38.1 Å². The summed E-state index contributed by atoms with van der Waals surface area (Å²) < 4.78 is 7.30. The molecular formula is C22H25N5O2S. The van der Waals surface area contributed by atoms with Gasteiger partial charge in [-0.25, -0.2) is 4.68 Å². The van der Waals surface area contributed by atoms with Crippen molar-refractivity contribution in [2.75, 3.05) is 45.9 Å². The van der Waals surface area contributed by atoms with Crippen LogP contribution < -0.4 is 0 Å². The van der Waals surface area contributed by atoms with E-state index in [1.807, 2.05) is 48.0 Å². The Hall–Kier alpha value is -2.73. The van der Waals surface area contributed by atoms with E-state index in [-0.39, 0.29) is 5.91 Å². The van der Waals surface area contributed by atoms with E-state index in [0.29, 0.717) is 24.4 Å². The molecule has 0 bridgehead atoms. The van der Waals surface area contributed by atoms with E-state index in [0.717, 1.165) is 54.4 Å². The molecule has 4 rings (SSSR count). The number of rotatable bonds is 7. The van der Waals surface area contributed by atoms with Crippen LogP contribution >= 0.6 is 11.3 Å². The summed E-state index contributed by atoms with van der Waals surface area (Å²) in [5.41, 5.74) is 1.88. The lowest BCUT2D eigenvalue weighted by Gasteiger charge is -2.29. The minimum atomic E-state index is -0.0151. The molecule has 156 valence electrons. The Balaban J connectivity index is 1.57. The van der Waals surface area contributed by atoms with Crippen molar-refractivity contribution in [2.24, 2.45) is 0 Å². The summed E-state index contributed by atoms with van der Waals surface area (Å²) in [4.78, 5) is 19.1. The van der Waals surface area contributed by atoms with Crippen molar-refractivity contribution in [3.63, 3.8) is 0 Å². The molecule has 0 aliphatic carbocycles. The standard InChI is InChI=1S/C22H25N5O2S/c1-17-19-16-20(30-22(19)27(24-17)18-6-3-2-4-7-18)21(28)26(9-5-8-23)11-10-25-12-14-29-15-13-25/h2-4,6-7,16H,5,9-15H2,1H3. The van der Waals surface area contributed by atoms with Crippen LogP contribution in [0.4, 0.5) is 0 Å². The second kappa shape index (κ2) is 9.39. The van der Waals surface area contributed by atoms with E-state index in [2.05, 4.69) is 16.1 Å². The monoisotopic (exact) mass is 423 g/mol. The molecule has 7 nitrogen and oxygen atoms in total. The van der Waals surface area contributed by atoms with Gasteiger partial charge in [-0.05, 0) is 25.1 Å². The van der Waals surface area contributed by atoms with Gasteiger partial charge in [-0.1, -0.05) is 18.2 Å².